The second-order valence-corrected chi connectivity index (χ2v) is 6.33. The van der Waals surface area contributed by atoms with E-state index in [1.54, 1.807) is 29.6 Å². The van der Waals surface area contributed by atoms with Gasteiger partial charge in [-0.15, -0.1) is 0 Å². The van der Waals surface area contributed by atoms with Crippen molar-refractivity contribution < 1.29 is 9.28 Å². The van der Waals surface area contributed by atoms with Crippen molar-refractivity contribution in [2.45, 2.75) is 27.2 Å². The van der Waals surface area contributed by atoms with Crippen LogP contribution in [0.2, 0.25) is 0 Å². The van der Waals surface area contributed by atoms with Gasteiger partial charge in [-0.25, -0.2) is 19.3 Å². The summed E-state index contributed by atoms with van der Waals surface area (Å²) in [4.78, 5) is 21.9. The van der Waals surface area contributed by atoms with E-state index in [9.17, 15) is 4.79 Å². The molecule has 1 aliphatic rings. The lowest BCUT2D eigenvalue weighted by molar-refractivity contribution is -0.706. The minimum absolute atomic E-state index is 0.0414. The van der Waals surface area contributed by atoms with Crippen LogP contribution in [0.1, 0.15) is 26.3 Å². The minimum Gasteiger partial charge on any atom is -0.245 e. The smallest absolute Gasteiger partial charge is 0.245 e. The predicted molar refractivity (Wildman–Crippen MR) is 94.3 cm³/mol. The van der Waals surface area contributed by atoms with E-state index < -0.39 is 0 Å². The fraction of sp³-hybridized carbons (Fsp3) is 0.316. The van der Waals surface area contributed by atoms with E-state index in [0.29, 0.717) is 13.0 Å². The molecule has 1 aliphatic heterocycles. The SMILES string of the molecule is CC[N+]1(C(=O)n2ccnc2)C=NC(C(C)C)=C1Cc1ccccc1. The molecule has 0 saturated carbocycles. The normalized spacial score (nSPS) is 20.2. The number of hydrogen-bond donors (Lipinski definition) is 0. The Labute approximate surface area is 142 Å². The molecule has 2 heterocycles. The van der Waals surface area contributed by atoms with Crippen molar-refractivity contribution in [3.05, 3.63) is 66.0 Å². The van der Waals surface area contributed by atoms with Crippen LogP contribution < -0.4 is 0 Å². The largest absolute Gasteiger partial charge is 0.439 e. The lowest BCUT2D eigenvalue weighted by Crippen LogP contribution is -2.51. The highest BCUT2D eigenvalue weighted by molar-refractivity contribution is 5.81. The zero-order valence-corrected chi connectivity index (χ0v) is 14.4. The van der Waals surface area contributed by atoms with E-state index in [1.165, 1.54) is 5.56 Å². The second kappa shape index (κ2) is 6.53. The molecule has 0 radical (unpaired) electrons. The van der Waals surface area contributed by atoms with Gasteiger partial charge in [0.2, 0.25) is 6.34 Å². The monoisotopic (exact) mass is 323 g/mol. The van der Waals surface area contributed by atoms with Crippen molar-refractivity contribution >= 4 is 12.4 Å². The van der Waals surface area contributed by atoms with Crippen molar-refractivity contribution in [2.24, 2.45) is 10.9 Å². The molecule has 24 heavy (non-hydrogen) atoms. The molecule has 124 valence electrons. The van der Waals surface area contributed by atoms with E-state index in [4.69, 9.17) is 0 Å². The lowest BCUT2D eigenvalue weighted by Gasteiger charge is -2.29. The zero-order valence-electron chi connectivity index (χ0n) is 14.4. The second-order valence-electron chi connectivity index (χ2n) is 6.33. The van der Waals surface area contributed by atoms with Crippen molar-refractivity contribution in [3.8, 4) is 0 Å². The number of imidazole rings is 1. The van der Waals surface area contributed by atoms with Gasteiger partial charge in [-0.2, -0.15) is 4.48 Å². The molecule has 0 saturated heterocycles. The Bertz CT molecular complexity index is 775. The third-order valence-corrected chi connectivity index (χ3v) is 4.50. The quantitative estimate of drug-likeness (QED) is 0.803. The Morgan fingerprint density at radius 1 is 1.25 bits per heavy atom. The number of benzene rings is 1. The molecule has 3 rings (SSSR count). The Kier molecular flexibility index (Phi) is 4.44. The van der Waals surface area contributed by atoms with Crippen LogP contribution in [-0.4, -0.2) is 32.9 Å². The number of hydrogen-bond acceptors (Lipinski definition) is 3. The minimum atomic E-state index is -0.0414. The summed E-state index contributed by atoms with van der Waals surface area (Å²) in [5.41, 5.74) is 3.25. The molecule has 0 fully saturated rings. The van der Waals surface area contributed by atoms with Gasteiger partial charge in [0.05, 0.1) is 13.0 Å². The van der Waals surface area contributed by atoms with Gasteiger partial charge in [-0.1, -0.05) is 44.2 Å². The van der Waals surface area contributed by atoms with Crippen LogP contribution in [0.4, 0.5) is 4.79 Å². The van der Waals surface area contributed by atoms with Crippen molar-refractivity contribution in [1.82, 2.24) is 9.55 Å². The maximum atomic E-state index is 13.2. The number of carbonyl (C=O) groups is 1. The molecule has 1 aromatic heterocycles. The number of quaternary nitrogens is 1. The van der Waals surface area contributed by atoms with Crippen LogP contribution in [0.3, 0.4) is 0 Å². The molecule has 1 atom stereocenters. The van der Waals surface area contributed by atoms with Crippen LogP contribution in [0.25, 0.3) is 0 Å². The van der Waals surface area contributed by atoms with E-state index in [0.717, 1.165) is 11.4 Å². The van der Waals surface area contributed by atoms with E-state index in [-0.39, 0.29) is 16.4 Å². The summed E-state index contributed by atoms with van der Waals surface area (Å²) in [5, 5.41) is 0. The number of nitrogens with zero attached hydrogens (tertiary/aromatic N) is 4. The third kappa shape index (κ3) is 2.71. The van der Waals surface area contributed by atoms with Crippen LogP contribution in [0, 0.1) is 5.92 Å². The fourth-order valence-corrected chi connectivity index (χ4v) is 3.16. The fourth-order valence-electron chi connectivity index (χ4n) is 3.16. The molecular formula is C19H23N4O+. The summed E-state index contributed by atoms with van der Waals surface area (Å²) in [5.74, 6) is 0.266. The Hall–Kier alpha value is -2.53. The van der Waals surface area contributed by atoms with E-state index in [2.05, 4.69) is 36.0 Å². The van der Waals surface area contributed by atoms with Crippen LogP contribution >= 0.6 is 0 Å². The standard InChI is InChI=1S/C19H23N4O/c1-4-23(19(24)22-11-10-20-13-22)14-21-18(15(2)3)17(23)12-16-8-6-5-7-9-16/h5-11,13-15H,4,12H2,1-3H3/q+1. The van der Waals surface area contributed by atoms with E-state index >= 15 is 0 Å². The molecule has 0 aliphatic carbocycles. The highest BCUT2D eigenvalue weighted by Crippen LogP contribution is 2.33. The highest BCUT2D eigenvalue weighted by atomic mass is 16.2. The van der Waals surface area contributed by atoms with Gasteiger partial charge in [0.25, 0.3) is 0 Å². The van der Waals surface area contributed by atoms with Crippen LogP contribution in [-0.2, 0) is 6.42 Å². The number of aliphatic imine (C=N–C) groups is 1. The van der Waals surface area contributed by atoms with Gasteiger partial charge in [0.15, 0.2) is 5.70 Å². The molecule has 0 N–H and O–H groups in total. The lowest BCUT2D eigenvalue weighted by atomic mass is 10.0. The average molecular weight is 323 g/mol. The number of likely N-dealkylation sites (N-methyl/N-ethyl adjacent to an activating group) is 1. The zero-order chi connectivity index (χ0) is 17.2. The van der Waals surface area contributed by atoms with Crippen molar-refractivity contribution in [1.29, 1.82) is 0 Å². The number of carbonyl (C=O) groups excluding carboxylic acids is 1. The number of aromatic nitrogens is 2. The maximum absolute atomic E-state index is 13.2. The summed E-state index contributed by atoms with van der Waals surface area (Å²) < 4.78 is 1.67. The molecule has 0 bridgehead atoms. The third-order valence-electron chi connectivity index (χ3n) is 4.50. The molecule has 2 aromatic rings. The maximum Gasteiger partial charge on any atom is 0.439 e. The van der Waals surface area contributed by atoms with Gasteiger partial charge in [0, 0.05) is 18.3 Å². The Balaban J connectivity index is 2.07. The van der Waals surface area contributed by atoms with Gasteiger partial charge in [-0.3, -0.25) is 0 Å². The average Bonchev–Trinajstić information content (AvgIpc) is 3.24. The summed E-state index contributed by atoms with van der Waals surface area (Å²) in [6.45, 7) is 6.89. The molecule has 1 unspecified atom stereocenters. The van der Waals surface area contributed by atoms with Gasteiger partial charge in [0.1, 0.15) is 12.0 Å². The summed E-state index contributed by atoms with van der Waals surface area (Å²) in [6.07, 6.45) is 7.37. The first-order valence-electron chi connectivity index (χ1n) is 8.32. The van der Waals surface area contributed by atoms with Crippen molar-refractivity contribution in [2.75, 3.05) is 6.54 Å². The van der Waals surface area contributed by atoms with Gasteiger partial charge in [-0.05, 0) is 12.5 Å². The number of amides is 1. The van der Waals surface area contributed by atoms with Gasteiger partial charge < -0.3 is 0 Å². The first kappa shape index (κ1) is 16.3. The molecule has 0 spiro atoms. The van der Waals surface area contributed by atoms with Crippen LogP contribution in [0.5, 0.6) is 0 Å². The molecule has 5 nitrogen and oxygen atoms in total. The number of allylic oxidation sites excluding steroid dienone is 2. The van der Waals surface area contributed by atoms with E-state index in [1.807, 2.05) is 25.1 Å². The first-order chi connectivity index (χ1) is 11.6. The van der Waals surface area contributed by atoms with Crippen molar-refractivity contribution in [3.63, 3.8) is 0 Å². The molecule has 1 amide bonds. The molecule has 5 heteroatoms. The van der Waals surface area contributed by atoms with Crippen LogP contribution in [0.15, 0.2) is 65.4 Å². The topological polar surface area (TPSA) is 47.2 Å². The predicted octanol–water partition coefficient (Wildman–Crippen LogP) is 3.84. The number of rotatable bonds is 4. The Morgan fingerprint density at radius 2 is 2.00 bits per heavy atom. The molecular weight excluding hydrogens is 300 g/mol. The highest BCUT2D eigenvalue weighted by Gasteiger charge is 2.45. The summed E-state index contributed by atoms with van der Waals surface area (Å²) in [7, 11) is 0. The summed E-state index contributed by atoms with van der Waals surface area (Å²) in [6, 6.07) is 10.2. The Morgan fingerprint density at radius 3 is 2.58 bits per heavy atom. The first-order valence-corrected chi connectivity index (χ1v) is 8.32. The molecule has 1 aromatic carbocycles. The van der Waals surface area contributed by atoms with Gasteiger partial charge >= 0.3 is 6.03 Å². The summed E-state index contributed by atoms with van der Waals surface area (Å²) >= 11 is 0.